The van der Waals surface area contributed by atoms with Crippen molar-refractivity contribution >= 4 is 5.88 Å². The van der Waals surface area contributed by atoms with E-state index in [1.165, 1.54) is 12.1 Å². The van der Waals surface area contributed by atoms with Crippen molar-refractivity contribution in [3.05, 3.63) is 28.1 Å². The monoisotopic (exact) mass is 264 g/mol. The molecule has 8 nitrogen and oxygen atoms in total. The first-order chi connectivity index (χ1) is 9.24. The fourth-order valence-corrected chi connectivity index (χ4v) is 2.11. The first kappa shape index (κ1) is 11.8. The van der Waals surface area contributed by atoms with Crippen molar-refractivity contribution in [2.75, 3.05) is 13.1 Å². The molecule has 1 fully saturated rings. The fraction of sp³-hybridized carbons (Fsp3) is 0.455. The van der Waals surface area contributed by atoms with Gasteiger partial charge in [0, 0.05) is 12.5 Å². The molecule has 19 heavy (non-hydrogen) atoms. The quantitative estimate of drug-likeness (QED) is 0.664. The summed E-state index contributed by atoms with van der Waals surface area (Å²) in [7, 11) is 0. The molecule has 0 aliphatic carbocycles. The average Bonchev–Trinajstić information content (AvgIpc) is 3.09. The van der Waals surface area contributed by atoms with Gasteiger partial charge in [-0.2, -0.15) is 4.98 Å². The Balaban J connectivity index is 1.81. The number of nitro groups is 1. The van der Waals surface area contributed by atoms with E-state index in [0.29, 0.717) is 5.82 Å². The van der Waals surface area contributed by atoms with Gasteiger partial charge in [-0.25, -0.2) is 0 Å². The Labute approximate surface area is 107 Å². The SMILES string of the molecule is O=[N+]([O-])c1ccc(-c2nc(C3CCCNC3)no2)o1. The van der Waals surface area contributed by atoms with Gasteiger partial charge in [0.2, 0.25) is 0 Å². The molecule has 2 aromatic heterocycles. The molecule has 0 amide bonds. The number of rotatable bonds is 3. The van der Waals surface area contributed by atoms with Crippen molar-refractivity contribution in [2.24, 2.45) is 0 Å². The lowest BCUT2D eigenvalue weighted by atomic mass is 9.99. The predicted octanol–water partition coefficient (Wildman–Crippen LogP) is 1.70. The first-order valence-electron chi connectivity index (χ1n) is 6.03. The van der Waals surface area contributed by atoms with Gasteiger partial charge in [-0.3, -0.25) is 10.1 Å². The molecule has 1 N–H and O–H groups in total. The Morgan fingerprint density at radius 2 is 2.37 bits per heavy atom. The van der Waals surface area contributed by atoms with Crippen LogP contribution in [0.4, 0.5) is 5.88 Å². The van der Waals surface area contributed by atoms with Crippen molar-refractivity contribution in [1.82, 2.24) is 15.5 Å². The number of nitrogens with zero attached hydrogens (tertiary/aromatic N) is 3. The van der Waals surface area contributed by atoms with Crippen LogP contribution in [0.2, 0.25) is 0 Å². The summed E-state index contributed by atoms with van der Waals surface area (Å²) in [5.74, 6) is 0.884. The van der Waals surface area contributed by atoms with Gasteiger partial charge in [-0.05, 0) is 25.5 Å². The van der Waals surface area contributed by atoms with Crippen LogP contribution >= 0.6 is 0 Å². The molecule has 8 heteroatoms. The maximum atomic E-state index is 10.5. The van der Waals surface area contributed by atoms with Crippen molar-refractivity contribution in [1.29, 1.82) is 0 Å². The molecule has 0 spiro atoms. The topological polar surface area (TPSA) is 107 Å². The maximum absolute atomic E-state index is 10.5. The highest BCUT2D eigenvalue weighted by Gasteiger charge is 2.23. The van der Waals surface area contributed by atoms with Crippen LogP contribution in [-0.2, 0) is 0 Å². The highest BCUT2D eigenvalue weighted by atomic mass is 16.6. The molecular weight excluding hydrogens is 252 g/mol. The Kier molecular flexibility index (Phi) is 3.00. The molecule has 1 saturated heterocycles. The minimum atomic E-state index is -0.605. The van der Waals surface area contributed by atoms with E-state index in [1.807, 2.05) is 0 Å². The maximum Gasteiger partial charge on any atom is 0.433 e. The Hall–Kier alpha value is -2.22. The number of nitrogens with one attached hydrogen (secondary N) is 1. The molecule has 100 valence electrons. The minimum absolute atomic E-state index is 0.175. The zero-order valence-corrected chi connectivity index (χ0v) is 10.0. The number of hydrogen-bond acceptors (Lipinski definition) is 7. The molecular formula is C11H12N4O4. The van der Waals surface area contributed by atoms with Crippen molar-refractivity contribution < 1.29 is 13.9 Å². The van der Waals surface area contributed by atoms with E-state index >= 15 is 0 Å². The third-order valence-electron chi connectivity index (χ3n) is 3.09. The lowest BCUT2D eigenvalue weighted by Crippen LogP contribution is -2.28. The van der Waals surface area contributed by atoms with E-state index in [0.717, 1.165) is 25.9 Å². The second-order valence-corrected chi connectivity index (χ2v) is 4.40. The zero-order chi connectivity index (χ0) is 13.2. The summed E-state index contributed by atoms with van der Waals surface area (Å²) in [6.45, 7) is 1.82. The van der Waals surface area contributed by atoms with E-state index in [9.17, 15) is 10.1 Å². The predicted molar refractivity (Wildman–Crippen MR) is 63.5 cm³/mol. The van der Waals surface area contributed by atoms with E-state index in [-0.39, 0.29) is 23.5 Å². The lowest BCUT2D eigenvalue weighted by molar-refractivity contribution is -0.401. The zero-order valence-electron chi connectivity index (χ0n) is 10.0. The molecule has 0 saturated carbocycles. The average molecular weight is 264 g/mol. The Bertz CT molecular complexity index is 585. The molecule has 1 aliphatic rings. The van der Waals surface area contributed by atoms with Crippen LogP contribution in [0.1, 0.15) is 24.6 Å². The molecule has 2 aromatic rings. The van der Waals surface area contributed by atoms with Crippen LogP contribution < -0.4 is 5.32 Å². The van der Waals surface area contributed by atoms with E-state index in [1.54, 1.807) is 0 Å². The van der Waals surface area contributed by atoms with Crippen LogP contribution in [-0.4, -0.2) is 28.2 Å². The van der Waals surface area contributed by atoms with E-state index < -0.39 is 4.92 Å². The van der Waals surface area contributed by atoms with Crippen LogP contribution in [0.5, 0.6) is 0 Å². The summed E-state index contributed by atoms with van der Waals surface area (Å²) >= 11 is 0. The smallest absolute Gasteiger partial charge is 0.395 e. The molecule has 0 bridgehead atoms. The Morgan fingerprint density at radius 1 is 1.47 bits per heavy atom. The highest BCUT2D eigenvalue weighted by molar-refractivity contribution is 5.46. The third kappa shape index (κ3) is 2.34. The van der Waals surface area contributed by atoms with Gasteiger partial charge in [-0.15, -0.1) is 0 Å². The van der Waals surface area contributed by atoms with Gasteiger partial charge < -0.3 is 14.3 Å². The summed E-state index contributed by atoms with van der Waals surface area (Å²) in [6, 6.07) is 2.72. The number of aromatic nitrogens is 2. The molecule has 3 rings (SSSR count). The van der Waals surface area contributed by atoms with Crippen molar-refractivity contribution in [3.8, 4) is 11.7 Å². The minimum Gasteiger partial charge on any atom is -0.395 e. The summed E-state index contributed by atoms with van der Waals surface area (Å²) < 4.78 is 10.1. The second-order valence-electron chi connectivity index (χ2n) is 4.40. The largest absolute Gasteiger partial charge is 0.433 e. The molecule has 1 atom stereocenters. The Morgan fingerprint density at radius 3 is 3.05 bits per heavy atom. The lowest BCUT2D eigenvalue weighted by Gasteiger charge is -2.19. The molecule has 0 aromatic carbocycles. The standard InChI is InChI=1S/C11H12N4O4/c16-15(17)9-4-3-8(18-9)11-13-10(14-19-11)7-2-1-5-12-6-7/h3-4,7,12H,1-2,5-6H2. The third-order valence-corrected chi connectivity index (χ3v) is 3.09. The molecule has 1 unspecified atom stereocenters. The second kappa shape index (κ2) is 4.81. The van der Waals surface area contributed by atoms with E-state index in [4.69, 9.17) is 8.94 Å². The van der Waals surface area contributed by atoms with Gasteiger partial charge >= 0.3 is 5.88 Å². The molecule has 1 aliphatic heterocycles. The normalized spacial score (nSPS) is 19.5. The number of furan rings is 1. The van der Waals surface area contributed by atoms with Crippen molar-refractivity contribution in [3.63, 3.8) is 0 Å². The summed E-state index contributed by atoms with van der Waals surface area (Å²) in [4.78, 5) is 14.2. The van der Waals surface area contributed by atoms with Gasteiger partial charge in [0.05, 0.1) is 6.07 Å². The van der Waals surface area contributed by atoms with Crippen molar-refractivity contribution in [2.45, 2.75) is 18.8 Å². The van der Waals surface area contributed by atoms with E-state index in [2.05, 4.69) is 15.5 Å². The van der Waals surface area contributed by atoms with Crippen LogP contribution in [0, 0.1) is 10.1 Å². The number of piperidine rings is 1. The summed E-state index contributed by atoms with van der Waals surface area (Å²) in [5.41, 5.74) is 0. The van der Waals surface area contributed by atoms with Gasteiger partial charge in [-0.1, -0.05) is 5.16 Å². The summed E-state index contributed by atoms with van der Waals surface area (Å²) in [6.07, 6.45) is 2.07. The van der Waals surface area contributed by atoms with Crippen LogP contribution in [0.3, 0.4) is 0 Å². The van der Waals surface area contributed by atoms with Gasteiger partial charge in [0.15, 0.2) is 11.6 Å². The van der Waals surface area contributed by atoms with Crippen LogP contribution in [0.25, 0.3) is 11.7 Å². The molecule has 3 heterocycles. The first-order valence-corrected chi connectivity index (χ1v) is 6.03. The summed E-state index contributed by atoms with van der Waals surface area (Å²) in [5, 5.41) is 17.7. The number of hydrogen-bond donors (Lipinski definition) is 1. The van der Waals surface area contributed by atoms with Gasteiger partial charge in [0.1, 0.15) is 4.92 Å². The fourth-order valence-electron chi connectivity index (χ4n) is 2.11. The van der Waals surface area contributed by atoms with Gasteiger partial charge in [0.25, 0.3) is 5.89 Å². The highest BCUT2D eigenvalue weighted by Crippen LogP contribution is 2.27. The molecule has 0 radical (unpaired) electrons. The van der Waals surface area contributed by atoms with Crippen LogP contribution in [0.15, 0.2) is 21.1 Å².